The zero-order valence-corrected chi connectivity index (χ0v) is 10.7. The first-order valence-electron chi connectivity index (χ1n) is 6.74. The minimum absolute atomic E-state index is 0.464. The zero-order valence-electron chi connectivity index (χ0n) is 10.7. The maximum absolute atomic E-state index is 5.51. The predicted molar refractivity (Wildman–Crippen MR) is 66.7 cm³/mol. The van der Waals surface area contributed by atoms with E-state index >= 15 is 0 Å². The van der Waals surface area contributed by atoms with Gasteiger partial charge in [0, 0.05) is 13.2 Å². The summed E-state index contributed by atoms with van der Waals surface area (Å²) in [6.45, 7) is 3.73. The van der Waals surface area contributed by atoms with Gasteiger partial charge < -0.3 is 15.0 Å². The molecule has 3 heteroatoms. The molecule has 0 spiro atoms. The van der Waals surface area contributed by atoms with Crippen LogP contribution >= 0.6 is 0 Å². The minimum Gasteiger partial charge on any atom is -0.380 e. The summed E-state index contributed by atoms with van der Waals surface area (Å²) in [4.78, 5) is 2.43. The molecule has 0 amide bonds. The van der Waals surface area contributed by atoms with Crippen LogP contribution in [0, 0.1) is 5.92 Å². The average Bonchev–Trinajstić information content (AvgIpc) is 2.76. The molecule has 94 valence electrons. The number of nitrogens with one attached hydrogen (secondary N) is 1. The van der Waals surface area contributed by atoms with Crippen LogP contribution in [-0.4, -0.2) is 50.8 Å². The van der Waals surface area contributed by atoms with Gasteiger partial charge in [0.05, 0.1) is 6.10 Å². The first-order chi connectivity index (χ1) is 7.79. The van der Waals surface area contributed by atoms with Crippen molar-refractivity contribution in [1.82, 2.24) is 10.2 Å². The Bertz CT molecular complexity index is 202. The number of rotatable bonds is 4. The molecule has 1 N–H and O–H groups in total. The van der Waals surface area contributed by atoms with Crippen LogP contribution in [0.1, 0.15) is 32.1 Å². The molecular formula is C13H26N2O. The van der Waals surface area contributed by atoms with Gasteiger partial charge in [-0.1, -0.05) is 0 Å². The molecule has 2 unspecified atom stereocenters. The monoisotopic (exact) mass is 226 g/mol. The summed E-state index contributed by atoms with van der Waals surface area (Å²) in [5, 5.41) is 3.72. The van der Waals surface area contributed by atoms with Crippen LogP contribution in [0.15, 0.2) is 0 Å². The highest BCUT2D eigenvalue weighted by Gasteiger charge is 2.27. The number of piperidine rings is 1. The number of nitrogens with zero attached hydrogens (tertiary/aromatic N) is 1. The van der Waals surface area contributed by atoms with Crippen molar-refractivity contribution in [3.8, 4) is 0 Å². The summed E-state index contributed by atoms with van der Waals surface area (Å²) in [6.07, 6.45) is 7.03. The van der Waals surface area contributed by atoms with Crippen molar-refractivity contribution in [1.29, 1.82) is 0 Å². The number of likely N-dealkylation sites (tertiary alicyclic amines) is 1. The van der Waals surface area contributed by atoms with E-state index in [1.807, 2.05) is 7.11 Å². The third-order valence-electron chi connectivity index (χ3n) is 4.26. The van der Waals surface area contributed by atoms with Gasteiger partial charge in [-0.15, -0.1) is 0 Å². The molecule has 1 aliphatic heterocycles. The van der Waals surface area contributed by atoms with Gasteiger partial charge in [-0.3, -0.25) is 0 Å². The van der Waals surface area contributed by atoms with E-state index in [2.05, 4.69) is 17.3 Å². The van der Waals surface area contributed by atoms with Crippen LogP contribution in [0.4, 0.5) is 0 Å². The molecule has 0 aromatic heterocycles. The number of ether oxygens (including phenoxy) is 1. The van der Waals surface area contributed by atoms with Crippen molar-refractivity contribution in [3.05, 3.63) is 0 Å². The fraction of sp³-hybridized carbons (Fsp3) is 1.00. The summed E-state index contributed by atoms with van der Waals surface area (Å²) >= 11 is 0. The van der Waals surface area contributed by atoms with Crippen LogP contribution in [0.2, 0.25) is 0 Å². The average molecular weight is 226 g/mol. The van der Waals surface area contributed by atoms with Crippen LogP contribution in [0.5, 0.6) is 0 Å². The molecule has 2 aliphatic rings. The Hall–Kier alpha value is -0.120. The van der Waals surface area contributed by atoms with Gasteiger partial charge in [-0.25, -0.2) is 0 Å². The number of hydrogen-bond donors (Lipinski definition) is 1. The summed E-state index contributed by atoms with van der Waals surface area (Å²) in [6, 6.07) is 0.615. The molecule has 1 aliphatic carbocycles. The molecule has 0 bridgehead atoms. The fourth-order valence-corrected chi connectivity index (χ4v) is 3.03. The second-order valence-electron chi connectivity index (χ2n) is 5.47. The Labute approximate surface area is 99.5 Å². The molecule has 3 nitrogen and oxygen atoms in total. The Balaban J connectivity index is 1.67. The molecule has 1 heterocycles. The highest BCUT2D eigenvalue weighted by molar-refractivity contribution is 4.85. The van der Waals surface area contributed by atoms with E-state index in [1.165, 1.54) is 51.7 Å². The van der Waals surface area contributed by atoms with Crippen LogP contribution < -0.4 is 5.32 Å². The zero-order chi connectivity index (χ0) is 11.4. The third kappa shape index (κ3) is 3.19. The lowest BCUT2D eigenvalue weighted by Crippen LogP contribution is -2.42. The molecule has 2 fully saturated rings. The van der Waals surface area contributed by atoms with Gasteiger partial charge in [0.1, 0.15) is 0 Å². The molecule has 0 aromatic carbocycles. The van der Waals surface area contributed by atoms with Crippen molar-refractivity contribution in [3.63, 3.8) is 0 Å². The van der Waals surface area contributed by atoms with Gasteiger partial charge in [0.15, 0.2) is 0 Å². The van der Waals surface area contributed by atoms with Gasteiger partial charge in [0.25, 0.3) is 0 Å². The van der Waals surface area contributed by atoms with Gasteiger partial charge in [-0.2, -0.15) is 0 Å². The maximum Gasteiger partial charge on any atom is 0.0724 e. The van der Waals surface area contributed by atoms with Crippen molar-refractivity contribution < 1.29 is 4.74 Å². The summed E-state index contributed by atoms with van der Waals surface area (Å²) < 4.78 is 5.51. The Morgan fingerprint density at radius 1 is 1.19 bits per heavy atom. The van der Waals surface area contributed by atoms with E-state index < -0.39 is 0 Å². The second kappa shape index (κ2) is 5.99. The van der Waals surface area contributed by atoms with E-state index in [9.17, 15) is 0 Å². The molecule has 1 saturated carbocycles. The van der Waals surface area contributed by atoms with Crippen LogP contribution in [0.25, 0.3) is 0 Å². The van der Waals surface area contributed by atoms with E-state index in [1.54, 1.807) is 0 Å². The third-order valence-corrected chi connectivity index (χ3v) is 4.26. The summed E-state index contributed by atoms with van der Waals surface area (Å²) in [5.41, 5.74) is 0. The lowest BCUT2D eigenvalue weighted by molar-refractivity contribution is 0.0821. The highest BCUT2D eigenvalue weighted by atomic mass is 16.5. The van der Waals surface area contributed by atoms with E-state index in [0.29, 0.717) is 12.1 Å². The van der Waals surface area contributed by atoms with Crippen LogP contribution in [0.3, 0.4) is 0 Å². The smallest absolute Gasteiger partial charge is 0.0724 e. The van der Waals surface area contributed by atoms with E-state index in [0.717, 1.165) is 5.92 Å². The quantitative estimate of drug-likeness (QED) is 0.786. The van der Waals surface area contributed by atoms with Crippen molar-refractivity contribution in [2.75, 3.05) is 33.8 Å². The van der Waals surface area contributed by atoms with Crippen molar-refractivity contribution in [2.45, 2.75) is 44.2 Å². The van der Waals surface area contributed by atoms with Crippen LogP contribution in [-0.2, 0) is 4.74 Å². The molecule has 0 radical (unpaired) electrons. The Morgan fingerprint density at radius 2 is 1.94 bits per heavy atom. The standard InChI is InChI=1S/C13H26N2O/c1-15-8-6-11(7-9-15)10-14-12-4-3-5-13(12)16-2/h11-14H,3-10H2,1-2H3. The number of hydrogen-bond acceptors (Lipinski definition) is 3. The fourth-order valence-electron chi connectivity index (χ4n) is 3.03. The lowest BCUT2D eigenvalue weighted by Gasteiger charge is -2.30. The lowest BCUT2D eigenvalue weighted by atomic mass is 9.96. The Kier molecular flexibility index (Phi) is 4.62. The summed E-state index contributed by atoms with van der Waals surface area (Å²) in [5.74, 6) is 0.884. The normalized spacial score (nSPS) is 33.4. The highest BCUT2D eigenvalue weighted by Crippen LogP contribution is 2.22. The second-order valence-corrected chi connectivity index (χ2v) is 5.47. The molecule has 16 heavy (non-hydrogen) atoms. The predicted octanol–water partition coefficient (Wildman–Crippen LogP) is 1.49. The molecule has 0 aromatic rings. The van der Waals surface area contributed by atoms with Gasteiger partial charge in [0.2, 0.25) is 0 Å². The molecular weight excluding hydrogens is 200 g/mol. The van der Waals surface area contributed by atoms with Gasteiger partial charge >= 0.3 is 0 Å². The topological polar surface area (TPSA) is 24.5 Å². The first-order valence-corrected chi connectivity index (χ1v) is 6.74. The van der Waals surface area contributed by atoms with Crippen molar-refractivity contribution in [2.24, 2.45) is 5.92 Å². The van der Waals surface area contributed by atoms with E-state index in [4.69, 9.17) is 4.74 Å². The molecule has 1 saturated heterocycles. The Morgan fingerprint density at radius 3 is 2.62 bits per heavy atom. The summed E-state index contributed by atoms with van der Waals surface area (Å²) in [7, 11) is 4.07. The molecule has 2 rings (SSSR count). The van der Waals surface area contributed by atoms with E-state index in [-0.39, 0.29) is 0 Å². The largest absolute Gasteiger partial charge is 0.380 e. The maximum atomic E-state index is 5.51. The van der Waals surface area contributed by atoms with Gasteiger partial charge in [-0.05, 0) is 64.7 Å². The molecule has 2 atom stereocenters. The SMILES string of the molecule is COC1CCCC1NCC1CCN(C)CC1. The first kappa shape index (κ1) is 12.3. The van der Waals surface area contributed by atoms with Crippen molar-refractivity contribution >= 4 is 0 Å². The number of methoxy groups -OCH3 is 1. The minimum atomic E-state index is 0.464.